The average molecular weight is 444 g/mol. The summed E-state index contributed by atoms with van der Waals surface area (Å²) in [6.45, 7) is 2.02. The van der Waals surface area contributed by atoms with Gasteiger partial charge in [-0.1, -0.05) is 0 Å². The molecule has 32 heavy (non-hydrogen) atoms. The van der Waals surface area contributed by atoms with Crippen molar-refractivity contribution in [3.8, 4) is 17.0 Å². The number of ether oxygens (including phenoxy) is 1. The highest BCUT2D eigenvalue weighted by Gasteiger charge is 2.36. The van der Waals surface area contributed by atoms with Gasteiger partial charge in [-0.3, -0.25) is 9.48 Å². The van der Waals surface area contributed by atoms with E-state index in [0.29, 0.717) is 15.8 Å². The summed E-state index contributed by atoms with van der Waals surface area (Å²) in [5.74, 6) is -0.0308. The molecule has 0 fully saturated rings. The van der Waals surface area contributed by atoms with Gasteiger partial charge in [0.2, 0.25) is 0 Å². The Bertz CT molecular complexity index is 1290. The Morgan fingerprint density at radius 2 is 1.88 bits per heavy atom. The molecule has 0 atom stereocenters. The number of aromatic nitrogens is 5. The molecule has 1 N–H and O–H groups in total. The van der Waals surface area contributed by atoms with Crippen molar-refractivity contribution >= 4 is 11.6 Å². The van der Waals surface area contributed by atoms with Crippen molar-refractivity contribution in [2.45, 2.75) is 19.6 Å². The summed E-state index contributed by atoms with van der Waals surface area (Å²) in [5, 5.41) is 10.6. The van der Waals surface area contributed by atoms with Gasteiger partial charge >= 0.3 is 6.18 Å². The number of nitrogens with one attached hydrogen (secondary N) is 1. The third kappa shape index (κ3) is 3.88. The smallest absolute Gasteiger partial charge is 0.433 e. The van der Waals surface area contributed by atoms with Crippen LogP contribution in [0.15, 0.2) is 42.7 Å². The van der Waals surface area contributed by atoms with Gasteiger partial charge in [0, 0.05) is 30.4 Å². The van der Waals surface area contributed by atoms with E-state index in [1.165, 1.54) is 7.11 Å². The summed E-state index contributed by atoms with van der Waals surface area (Å²) in [5.41, 5.74) is 0.876. The second kappa shape index (κ2) is 7.98. The van der Waals surface area contributed by atoms with Gasteiger partial charge < -0.3 is 10.1 Å². The molecule has 0 saturated heterocycles. The molecule has 0 saturated carbocycles. The quantitative estimate of drug-likeness (QED) is 0.510. The molecule has 4 aromatic rings. The van der Waals surface area contributed by atoms with Crippen molar-refractivity contribution < 1.29 is 22.7 Å². The molecule has 0 aliphatic rings. The lowest BCUT2D eigenvalue weighted by molar-refractivity contribution is -0.142. The first-order valence-electron chi connectivity index (χ1n) is 9.55. The van der Waals surface area contributed by atoms with Crippen molar-refractivity contribution in [3.63, 3.8) is 0 Å². The predicted molar refractivity (Wildman–Crippen MR) is 109 cm³/mol. The molecule has 0 unspecified atom stereocenters. The van der Waals surface area contributed by atoms with Crippen LogP contribution in [0.5, 0.6) is 5.75 Å². The molecule has 0 radical (unpaired) electrons. The first kappa shape index (κ1) is 21.3. The van der Waals surface area contributed by atoms with E-state index >= 15 is 0 Å². The molecule has 11 heteroatoms. The summed E-state index contributed by atoms with van der Waals surface area (Å²) in [6, 6.07) is 7.34. The number of carbonyl (C=O) groups is 1. The highest BCUT2D eigenvalue weighted by molar-refractivity contribution is 5.99. The first-order valence-corrected chi connectivity index (χ1v) is 9.55. The normalized spacial score (nSPS) is 11.7. The molecule has 0 aliphatic heterocycles. The Morgan fingerprint density at radius 1 is 1.16 bits per heavy atom. The summed E-state index contributed by atoms with van der Waals surface area (Å²) >= 11 is 0. The van der Waals surface area contributed by atoms with E-state index in [2.05, 4.69) is 20.5 Å². The number of halogens is 3. The number of rotatable bonds is 5. The van der Waals surface area contributed by atoms with Crippen LogP contribution >= 0.6 is 0 Å². The summed E-state index contributed by atoms with van der Waals surface area (Å²) in [4.78, 5) is 17.1. The number of fused-ring (bicyclic) bond motifs is 1. The van der Waals surface area contributed by atoms with E-state index in [1.54, 1.807) is 42.2 Å². The summed E-state index contributed by atoms with van der Waals surface area (Å²) in [6.07, 6.45) is -2.00. The minimum absolute atomic E-state index is 0.0603. The zero-order valence-electron chi connectivity index (χ0n) is 17.4. The summed E-state index contributed by atoms with van der Waals surface area (Å²) < 4.78 is 48.6. The Balaban J connectivity index is 1.75. The number of nitrogens with zero attached hydrogens (tertiary/aromatic N) is 5. The van der Waals surface area contributed by atoms with E-state index in [1.807, 2.05) is 6.92 Å². The zero-order valence-corrected chi connectivity index (χ0v) is 17.4. The molecular weight excluding hydrogens is 425 g/mol. The number of alkyl halides is 3. The van der Waals surface area contributed by atoms with Crippen molar-refractivity contribution in [2.24, 2.45) is 7.05 Å². The molecule has 3 heterocycles. The highest BCUT2D eigenvalue weighted by Crippen LogP contribution is 2.33. The molecule has 0 bridgehead atoms. The van der Waals surface area contributed by atoms with Crippen LogP contribution in [0, 0.1) is 6.92 Å². The van der Waals surface area contributed by atoms with E-state index in [0.717, 1.165) is 23.5 Å². The minimum atomic E-state index is -4.70. The van der Waals surface area contributed by atoms with Gasteiger partial charge in [0.15, 0.2) is 11.3 Å². The lowest BCUT2D eigenvalue weighted by Gasteiger charge is -2.12. The molecule has 0 spiro atoms. The molecular formula is C21H19F3N6O2. The Hall–Kier alpha value is -3.89. The molecule has 1 aromatic carbocycles. The van der Waals surface area contributed by atoms with Crippen LogP contribution in [-0.2, 0) is 19.8 Å². The number of amides is 1. The average Bonchev–Trinajstić information content (AvgIpc) is 3.34. The first-order chi connectivity index (χ1) is 15.2. The molecule has 3 aromatic heterocycles. The van der Waals surface area contributed by atoms with E-state index in [9.17, 15) is 18.0 Å². The van der Waals surface area contributed by atoms with Crippen LogP contribution in [0.25, 0.3) is 16.9 Å². The second-order valence-electron chi connectivity index (χ2n) is 7.11. The van der Waals surface area contributed by atoms with Gasteiger partial charge in [-0.25, -0.2) is 9.50 Å². The number of carbonyl (C=O) groups excluding carboxylic acids is 1. The van der Waals surface area contributed by atoms with Crippen molar-refractivity contribution in [3.05, 3.63) is 65.2 Å². The van der Waals surface area contributed by atoms with E-state index < -0.39 is 17.8 Å². The van der Waals surface area contributed by atoms with Crippen LogP contribution in [-0.4, -0.2) is 37.4 Å². The van der Waals surface area contributed by atoms with Crippen LogP contribution in [0.3, 0.4) is 0 Å². The topological polar surface area (TPSA) is 86.3 Å². The van der Waals surface area contributed by atoms with Crippen LogP contribution in [0.2, 0.25) is 0 Å². The molecule has 8 nitrogen and oxygen atoms in total. The van der Waals surface area contributed by atoms with Crippen molar-refractivity contribution in [2.75, 3.05) is 7.11 Å². The number of benzene rings is 1. The maximum atomic E-state index is 13.7. The second-order valence-corrected chi connectivity index (χ2v) is 7.11. The van der Waals surface area contributed by atoms with Crippen molar-refractivity contribution in [1.82, 2.24) is 29.7 Å². The molecule has 1 amide bonds. The van der Waals surface area contributed by atoms with Gasteiger partial charge in [-0.05, 0) is 37.3 Å². The third-order valence-electron chi connectivity index (χ3n) is 5.17. The fourth-order valence-electron chi connectivity index (χ4n) is 3.22. The lowest BCUT2D eigenvalue weighted by atomic mass is 10.1. The van der Waals surface area contributed by atoms with Crippen LogP contribution in [0.1, 0.15) is 27.3 Å². The minimum Gasteiger partial charge on any atom is -0.497 e. The number of aryl methyl sites for hydroxylation is 1. The van der Waals surface area contributed by atoms with Crippen molar-refractivity contribution in [1.29, 1.82) is 0 Å². The lowest BCUT2D eigenvalue weighted by Crippen LogP contribution is -2.23. The standard InChI is InChI=1S/C21H19F3N6O2/c1-12-14(10-26-29(12)2)9-25-20(31)16-11-27-30-18(21(22,23)24)8-17(28-19(16)30)13-4-6-15(32-3)7-5-13/h4-8,10-11H,9H2,1-3H3,(H,25,31). The molecule has 4 rings (SSSR count). The third-order valence-corrected chi connectivity index (χ3v) is 5.17. The monoisotopic (exact) mass is 444 g/mol. The Morgan fingerprint density at radius 3 is 2.47 bits per heavy atom. The van der Waals surface area contributed by atoms with Gasteiger partial charge in [-0.15, -0.1) is 0 Å². The van der Waals surface area contributed by atoms with Gasteiger partial charge in [0.05, 0.1) is 25.2 Å². The number of hydrogen-bond acceptors (Lipinski definition) is 5. The maximum Gasteiger partial charge on any atom is 0.433 e. The fraction of sp³-hybridized carbons (Fsp3) is 0.238. The van der Waals surface area contributed by atoms with Gasteiger partial charge in [0.1, 0.15) is 11.3 Å². The zero-order chi connectivity index (χ0) is 23.0. The van der Waals surface area contributed by atoms with E-state index in [-0.39, 0.29) is 23.4 Å². The van der Waals surface area contributed by atoms with Gasteiger partial charge in [-0.2, -0.15) is 23.4 Å². The Kier molecular flexibility index (Phi) is 5.33. The summed E-state index contributed by atoms with van der Waals surface area (Å²) in [7, 11) is 3.26. The fourth-order valence-corrected chi connectivity index (χ4v) is 3.22. The van der Waals surface area contributed by atoms with Crippen LogP contribution < -0.4 is 10.1 Å². The Labute approximate surface area is 180 Å². The molecule has 0 aliphatic carbocycles. The van der Waals surface area contributed by atoms with Gasteiger partial charge in [0.25, 0.3) is 5.91 Å². The predicted octanol–water partition coefficient (Wildman–Crippen LogP) is 3.40. The van der Waals surface area contributed by atoms with Crippen LogP contribution in [0.4, 0.5) is 13.2 Å². The number of methoxy groups -OCH3 is 1. The maximum absolute atomic E-state index is 13.7. The SMILES string of the molecule is COc1ccc(-c2cc(C(F)(F)F)n3ncc(C(=O)NCc4cnn(C)c4C)c3n2)cc1. The highest BCUT2D eigenvalue weighted by atomic mass is 19.4. The molecule has 166 valence electrons. The number of hydrogen-bond donors (Lipinski definition) is 1. The largest absolute Gasteiger partial charge is 0.497 e. The van der Waals surface area contributed by atoms with E-state index in [4.69, 9.17) is 4.74 Å².